The summed E-state index contributed by atoms with van der Waals surface area (Å²) in [5.74, 6) is -1.13. The predicted octanol–water partition coefficient (Wildman–Crippen LogP) is 3.43. The number of hydrogen-bond donors (Lipinski definition) is 3. The molecule has 0 aliphatic carbocycles. The second-order valence-electron chi connectivity index (χ2n) is 6.77. The van der Waals surface area contributed by atoms with Gasteiger partial charge in [-0.1, -0.05) is 0 Å². The average Bonchev–Trinajstić information content (AvgIpc) is 2.96. The van der Waals surface area contributed by atoms with Gasteiger partial charge in [-0.25, -0.2) is 4.98 Å². The number of rotatable bonds is 8. The maximum absolute atomic E-state index is 12.2. The van der Waals surface area contributed by atoms with Crippen LogP contribution in [0.2, 0.25) is 0 Å². The van der Waals surface area contributed by atoms with Gasteiger partial charge in [0.2, 0.25) is 0 Å². The van der Waals surface area contributed by atoms with Crippen LogP contribution in [-0.2, 0) is 11.2 Å². The molecular formula is C20H23N3O3. The van der Waals surface area contributed by atoms with Crippen molar-refractivity contribution in [2.24, 2.45) is 5.73 Å². The number of aromatic amines is 1. The molecule has 0 spiro atoms. The number of aliphatic carboxylic acids is 1. The average molecular weight is 353 g/mol. The molecule has 1 atom stereocenters. The zero-order chi connectivity index (χ0) is 18.7. The fourth-order valence-corrected chi connectivity index (χ4v) is 3.10. The Morgan fingerprint density at radius 1 is 1.19 bits per heavy atom. The second kappa shape index (κ2) is 7.66. The smallest absolute Gasteiger partial charge is 0.303 e. The van der Waals surface area contributed by atoms with Gasteiger partial charge in [-0.15, -0.1) is 0 Å². The zero-order valence-electron chi connectivity index (χ0n) is 14.8. The highest BCUT2D eigenvalue weighted by Gasteiger charge is 2.12. The Morgan fingerprint density at radius 3 is 2.73 bits per heavy atom. The van der Waals surface area contributed by atoms with Crippen LogP contribution in [0.25, 0.3) is 21.9 Å². The lowest BCUT2D eigenvalue weighted by atomic mass is 10.0. The molecule has 1 unspecified atom stereocenters. The summed E-state index contributed by atoms with van der Waals surface area (Å²) in [7, 11) is 0. The molecule has 3 aromatic rings. The number of Topliss-reactive ketones (excluding diaryl/α,β-unsaturated/α-hetero) is 1. The minimum atomic E-state index is -0.965. The largest absolute Gasteiger partial charge is 0.481 e. The van der Waals surface area contributed by atoms with Gasteiger partial charge in [0.05, 0.1) is 6.42 Å². The van der Waals surface area contributed by atoms with Gasteiger partial charge in [0.1, 0.15) is 5.65 Å². The van der Waals surface area contributed by atoms with Gasteiger partial charge in [0, 0.05) is 40.0 Å². The molecule has 3 rings (SSSR count). The van der Waals surface area contributed by atoms with Crippen LogP contribution >= 0.6 is 0 Å². The third kappa shape index (κ3) is 4.08. The minimum Gasteiger partial charge on any atom is -0.481 e. The highest BCUT2D eigenvalue weighted by atomic mass is 16.4. The molecule has 0 fully saturated rings. The Labute approximate surface area is 151 Å². The Bertz CT molecular complexity index is 959. The molecule has 0 aliphatic heterocycles. The maximum Gasteiger partial charge on any atom is 0.303 e. The number of carboxylic acid groups (broad SMARTS) is 1. The van der Waals surface area contributed by atoms with Crippen molar-refractivity contribution in [2.75, 3.05) is 0 Å². The topological polar surface area (TPSA) is 109 Å². The molecule has 2 aromatic heterocycles. The van der Waals surface area contributed by atoms with E-state index in [0.717, 1.165) is 46.9 Å². The third-order valence-corrected chi connectivity index (χ3v) is 4.50. The minimum absolute atomic E-state index is 0.00512. The van der Waals surface area contributed by atoms with Crippen LogP contribution in [0.15, 0.2) is 30.3 Å². The van der Waals surface area contributed by atoms with Crippen LogP contribution in [0.4, 0.5) is 0 Å². The van der Waals surface area contributed by atoms with Crippen molar-refractivity contribution in [2.45, 2.75) is 45.1 Å². The van der Waals surface area contributed by atoms with E-state index in [1.165, 1.54) is 0 Å². The summed E-state index contributed by atoms with van der Waals surface area (Å²) in [6.07, 6.45) is 2.70. The first-order chi connectivity index (χ1) is 12.4. The summed E-state index contributed by atoms with van der Waals surface area (Å²) < 4.78 is 0. The van der Waals surface area contributed by atoms with Gasteiger partial charge < -0.3 is 15.8 Å². The monoisotopic (exact) mass is 353 g/mol. The molecule has 1 aromatic carbocycles. The van der Waals surface area contributed by atoms with Crippen molar-refractivity contribution in [3.05, 3.63) is 41.6 Å². The summed E-state index contributed by atoms with van der Waals surface area (Å²) in [5.41, 5.74) is 9.04. The molecular weight excluding hydrogens is 330 g/mol. The van der Waals surface area contributed by atoms with Gasteiger partial charge in [0.25, 0.3) is 0 Å². The number of aryl methyl sites for hydroxylation is 1. The number of H-pyrrole nitrogens is 1. The number of benzene rings is 1. The van der Waals surface area contributed by atoms with E-state index in [2.05, 4.69) is 9.97 Å². The number of fused-ring (bicyclic) bond motifs is 3. The third-order valence-electron chi connectivity index (χ3n) is 4.50. The quantitative estimate of drug-likeness (QED) is 0.538. The number of ketones is 1. The van der Waals surface area contributed by atoms with E-state index in [4.69, 9.17) is 10.8 Å². The first kappa shape index (κ1) is 18.1. The fourth-order valence-electron chi connectivity index (χ4n) is 3.10. The van der Waals surface area contributed by atoms with Crippen LogP contribution in [0.1, 0.15) is 48.7 Å². The highest BCUT2D eigenvalue weighted by molar-refractivity contribution is 6.09. The number of nitrogens with two attached hydrogens (primary N) is 1. The molecule has 4 N–H and O–H groups in total. The molecule has 0 saturated carbocycles. The van der Waals surface area contributed by atoms with Crippen LogP contribution in [0, 0.1) is 0 Å². The van der Waals surface area contributed by atoms with E-state index in [1.807, 2.05) is 31.2 Å². The molecule has 0 radical (unpaired) electrons. The number of nitrogens with one attached hydrogen (secondary N) is 1. The fraction of sp³-hybridized carbons (Fsp3) is 0.350. The maximum atomic E-state index is 12.2. The molecule has 0 amide bonds. The lowest BCUT2D eigenvalue weighted by Crippen LogP contribution is -2.14. The first-order valence-electron chi connectivity index (χ1n) is 8.86. The lowest BCUT2D eigenvalue weighted by molar-refractivity contribution is -0.136. The lowest BCUT2D eigenvalue weighted by Gasteiger charge is -2.04. The Balaban J connectivity index is 1.85. The molecule has 0 saturated heterocycles. The van der Waals surface area contributed by atoms with Crippen molar-refractivity contribution in [3.63, 3.8) is 0 Å². The molecule has 0 bridgehead atoms. The summed E-state index contributed by atoms with van der Waals surface area (Å²) in [4.78, 5) is 30.8. The van der Waals surface area contributed by atoms with Crippen LogP contribution in [-0.4, -0.2) is 32.9 Å². The van der Waals surface area contributed by atoms with Gasteiger partial charge in [0.15, 0.2) is 5.78 Å². The Hall–Kier alpha value is -2.73. The van der Waals surface area contributed by atoms with Gasteiger partial charge in [-0.3, -0.25) is 9.59 Å². The number of aromatic nitrogens is 2. The van der Waals surface area contributed by atoms with Crippen molar-refractivity contribution >= 4 is 33.7 Å². The van der Waals surface area contributed by atoms with Crippen molar-refractivity contribution < 1.29 is 14.7 Å². The highest BCUT2D eigenvalue weighted by Crippen LogP contribution is 2.26. The van der Waals surface area contributed by atoms with E-state index in [0.29, 0.717) is 5.56 Å². The van der Waals surface area contributed by atoms with E-state index >= 15 is 0 Å². The number of hydrogen-bond acceptors (Lipinski definition) is 4. The summed E-state index contributed by atoms with van der Waals surface area (Å²) >= 11 is 0. The van der Waals surface area contributed by atoms with E-state index in [9.17, 15) is 9.59 Å². The van der Waals surface area contributed by atoms with E-state index in [1.54, 1.807) is 6.07 Å². The van der Waals surface area contributed by atoms with Crippen molar-refractivity contribution in [1.82, 2.24) is 9.97 Å². The second-order valence-corrected chi connectivity index (χ2v) is 6.77. The summed E-state index contributed by atoms with van der Waals surface area (Å²) in [6, 6.07) is 9.62. The normalized spacial score (nSPS) is 12.5. The van der Waals surface area contributed by atoms with Crippen LogP contribution in [0.3, 0.4) is 0 Å². The van der Waals surface area contributed by atoms with Gasteiger partial charge in [-0.2, -0.15) is 0 Å². The van der Waals surface area contributed by atoms with Gasteiger partial charge in [-0.05, 0) is 56.5 Å². The molecule has 2 heterocycles. The predicted molar refractivity (Wildman–Crippen MR) is 101 cm³/mol. The van der Waals surface area contributed by atoms with E-state index in [-0.39, 0.29) is 24.7 Å². The Morgan fingerprint density at radius 2 is 2.00 bits per heavy atom. The molecule has 6 nitrogen and oxygen atoms in total. The SMILES string of the molecule is CC(N)CCCc1ccc2c(n1)[nH]c1ccc(C(=O)CCC(=O)O)cc12. The van der Waals surface area contributed by atoms with Crippen LogP contribution < -0.4 is 5.73 Å². The standard InChI is InChI=1S/C20H23N3O3/c1-12(21)3-2-4-14-6-7-15-16-11-13(18(24)9-10-19(25)26)5-8-17(16)23-20(15)22-14/h5-8,11-12H,2-4,9-10,21H2,1H3,(H,22,23)(H,25,26). The Kier molecular flexibility index (Phi) is 5.32. The number of nitrogens with zero attached hydrogens (tertiary/aromatic N) is 1. The van der Waals surface area contributed by atoms with Gasteiger partial charge >= 0.3 is 5.97 Å². The number of pyridine rings is 1. The number of carbonyl (C=O) groups excluding carboxylic acids is 1. The molecule has 136 valence electrons. The number of carboxylic acids is 1. The summed E-state index contributed by atoms with van der Waals surface area (Å²) in [6.45, 7) is 2.00. The first-order valence-corrected chi connectivity index (χ1v) is 8.86. The molecule has 0 aliphatic rings. The summed E-state index contributed by atoms with van der Waals surface area (Å²) in [5, 5.41) is 10.6. The van der Waals surface area contributed by atoms with Crippen molar-refractivity contribution in [1.29, 1.82) is 0 Å². The van der Waals surface area contributed by atoms with E-state index < -0.39 is 5.97 Å². The van der Waals surface area contributed by atoms with Crippen LogP contribution in [0.5, 0.6) is 0 Å². The number of carbonyl (C=O) groups is 2. The van der Waals surface area contributed by atoms with Crippen molar-refractivity contribution in [3.8, 4) is 0 Å². The molecule has 26 heavy (non-hydrogen) atoms. The zero-order valence-corrected chi connectivity index (χ0v) is 14.8. The molecule has 6 heteroatoms.